The van der Waals surface area contributed by atoms with E-state index in [0.717, 1.165) is 11.4 Å². The molecular weight excluding hydrogens is 332 g/mol. The minimum absolute atomic E-state index is 0.0809. The molecule has 3 aromatic heterocycles. The van der Waals surface area contributed by atoms with Crippen LogP contribution in [0.25, 0.3) is 11.4 Å². The number of aryl methyl sites for hydroxylation is 1. The largest absolute Gasteiger partial charge is 0.388 e. The van der Waals surface area contributed by atoms with Gasteiger partial charge in [-0.3, -0.25) is 9.89 Å². The van der Waals surface area contributed by atoms with E-state index in [4.69, 9.17) is 0 Å². The van der Waals surface area contributed by atoms with Crippen molar-refractivity contribution in [1.82, 2.24) is 29.2 Å². The zero-order valence-electron chi connectivity index (χ0n) is 14.7. The summed E-state index contributed by atoms with van der Waals surface area (Å²) in [5.74, 6) is -0.0809. The van der Waals surface area contributed by atoms with Crippen LogP contribution in [0.5, 0.6) is 0 Å². The van der Waals surface area contributed by atoms with E-state index < -0.39 is 5.60 Å². The first-order valence-corrected chi connectivity index (χ1v) is 8.69. The number of carbonyl (C=O) groups excluding carboxylic acids is 1. The number of H-pyrrole nitrogens is 1. The van der Waals surface area contributed by atoms with Crippen LogP contribution >= 0.6 is 0 Å². The molecule has 1 saturated heterocycles. The lowest BCUT2D eigenvalue weighted by molar-refractivity contribution is -0.0293. The highest BCUT2D eigenvalue weighted by molar-refractivity contribution is 5.93. The van der Waals surface area contributed by atoms with E-state index in [0.29, 0.717) is 38.2 Å². The molecule has 0 aliphatic carbocycles. The SMILES string of the molecule is Cn1cccc1-c1cc(C(=O)N2CCC(O)(Cn3ccnc3)CC2)[nH]n1. The number of aliphatic hydroxyl groups is 1. The molecule has 0 saturated carbocycles. The zero-order chi connectivity index (χ0) is 18.1. The summed E-state index contributed by atoms with van der Waals surface area (Å²) in [5, 5.41) is 17.9. The van der Waals surface area contributed by atoms with Gasteiger partial charge in [0, 0.05) is 38.7 Å². The van der Waals surface area contributed by atoms with E-state index in [1.54, 1.807) is 23.5 Å². The molecule has 4 rings (SSSR count). The summed E-state index contributed by atoms with van der Waals surface area (Å²) in [5.41, 5.74) is 1.36. The first kappa shape index (κ1) is 16.6. The molecule has 1 aliphatic rings. The monoisotopic (exact) mass is 354 g/mol. The third-order valence-electron chi connectivity index (χ3n) is 5.03. The molecule has 0 radical (unpaired) electrons. The Balaban J connectivity index is 1.41. The Hall–Kier alpha value is -2.87. The molecular formula is C18H22N6O2. The van der Waals surface area contributed by atoms with E-state index >= 15 is 0 Å². The molecule has 0 aromatic carbocycles. The molecule has 0 unspecified atom stereocenters. The van der Waals surface area contributed by atoms with Gasteiger partial charge in [0.15, 0.2) is 0 Å². The van der Waals surface area contributed by atoms with Crippen LogP contribution < -0.4 is 0 Å². The Morgan fingerprint density at radius 1 is 1.35 bits per heavy atom. The van der Waals surface area contributed by atoms with Gasteiger partial charge in [0.2, 0.25) is 0 Å². The summed E-state index contributed by atoms with van der Waals surface area (Å²) in [6.45, 7) is 1.53. The summed E-state index contributed by atoms with van der Waals surface area (Å²) in [4.78, 5) is 18.5. The van der Waals surface area contributed by atoms with Crippen molar-refractivity contribution in [3.63, 3.8) is 0 Å². The van der Waals surface area contributed by atoms with E-state index in [2.05, 4.69) is 15.2 Å². The number of rotatable bonds is 4. The molecule has 26 heavy (non-hydrogen) atoms. The molecule has 136 valence electrons. The maximum Gasteiger partial charge on any atom is 0.271 e. The van der Waals surface area contributed by atoms with E-state index in [1.165, 1.54) is 0 Å². The molecule has 8 heteroatoms. The van der Waals surface area contributed by atoms with Crippen LogP contribution in [0.1, 0.15) is 23.3 Å². The average molecular weight is 354 g/mol. The number of carbonyl (C=O) groups is 1. The minimum Gasteiger partial charge on any atom is -0.388 e. The molecule has 3 aromatic rings. The van der Waals surface area contributed by atoms with Gasteiger partial charge in [-0.15, -0.1) is 0 Å². The number of likely N-dealkylation sites (tertiary alicyclic amines) is 1. The second-order valence-corrected chi connectivity index (χ2v) is 6.92. The quantitative estimate of drug-likeness (QED) is 0.738. The Bertz CT molecular complexity index is 887. The molecule has 0 atom stereocenters. The van der Waals surface area contributed by atoms with Gasteiger partial charge in [0.05, 0.1) is 24.2 Å². The number of nitrogens with zero attached hydrogens (tertiary/aromatic N) is 5. The highest BCUT2D eigenvalue weighted by Gasteiger charge is 2.34. The van der Waals surface area contributed by atoms with E-state index in [-0.39, 0.29) is 5.91 Å². The summed E-state index contributed by atoms with van der Waals surface area (Å²) >= 11 is 0. The highest BCUT2D eigenvalue weighted by atomic mass is 16.3. The van der Waals surface area contributed by atoms with Crippen molar-refractivity contribution in [2.75, 3.05) is 13.1 Å². The first-order chi connectivity index (χ1) is 12.5. The Morgan fingerprint density at radius 2 is 2.15 bits per heavy atom. The van der Waals surface area contributed by atoms with Crippen LogP contribution in [0, 0.1) is 0 Å². The third kappa shape index (κ3) is 3.15. The van der Waals surface area contributed by atoms with Crippen LogP contribution in [0.2, 0.25) is 0 Å². The van der Waals surface area contributed by atoms with Crippen LogP contribution in [0.3, 0.4) is 0 Å². The molecule has 8 nitrogen and oxygen atoms in total. The van der Waals surface area contributed by atoms with Crippen molar-refractivity contribution in [2.45, 2.75) is 25.0 Å². The molecule has 4 heterocycles. The van der Waals surface area contributed by atoms with Gasteiger partial charge >= 0.3 is 0 Å². The van der Waals surface area contributed by atoms with E-state index in [1.807, 2.05) is 40.7 Å². The molecule has 1 fully saturated rings. The van der Waals surface area contributed by atoms with Crippen molar-refractivity contribution in [3.8, 4) is 11.4 Å². The highest BCUT2D eigenvalue weighted by Crippen LogP contribution is 2.25. The van der Waals surface area contributed by atoms with Gasteiger partial charge in [0.25, 0.3) is 5.91 Å². The summed E-state index contributed by atoms with van der Waals surface area (Å²) in [6, 6.07) is 5.68. The molecule has 0 spiro atoms. The number of imidazole rings is 1. The summed E-state index contributed by atoms with van der Waals surface area (Å²) < 4.78 is 3.83. The predicted octanol–water partition coefficient (Wildman–Crippen LogP) is 1.28. The first-order valence-electron chi connectivity index (χ1n) is 8.69. The molecule has 2 N–H and O–H groups in total. The van der Waals surface area contributed by atoms with Crippen molar-refractivity contribution in [1.29, 1.82) is 0 Å². The van der Waals surface area contributed by atoms with Gasteiger partial charge in [-0.05, 0) is 31.0 Å². The standard InChI is InChI=1S/C18H22N6O2/c1-22-7-2-3-16(22)14-11-15(21-20-14)17(25)24-8-4-18(26,5-9-24)12-23-10-6-19-13-23/h2-3,6-7,10-11,13,26H,4-5,8-9,12H2,1H3,(H,20,21). The van der Waals surface area contributed by atoms with E-state index in [9.17, 15) is 9.90 Å². The van der Waals surface area contributed by atoms with Crippen molar-refractivity contribution in [3.05, 3.63) is 48.8 Å². The number of hydrogen-bond donors (Lipinski definition) is 2. The van der Waals surface area contributed by atoms with Crippen molar-refractivity contribution >= 4 is 5.91 Å². The predicted molar refractivity (Wildman–Crippen MR) is 95.3 cm³/mol. The maximum absolute atomic E-state index is 12.7. The smallest absolute Gasteiger partial charge is 0.271 e. The Morgan fingerprint density at radius 3 is 2.81 bits per heavy atom. The fraction of sp³-hybridized carbons (Fsp3) is 0.389. The van der Waals surface area contributed by atoms with Gasteiger partial charge in [0.1, 0.15) is 11.4 Å². The number of aromatic amines is 1. The van der Waals surface area contributed by atoms with Crippen molar-refractivity contribution < 1.29 is 9.90 Å². The number of piperidine rings is 1. The second kappa shape index (κ2) is 6.45. The lowest BCUT2D eigenvalue weighted by Crippen LogP contribution is -2.48. The van der Waals surface area contributed by atoms with Gasteiger partial charge in [-0.2, -0.15) is 5.10 Å². The number of aromatic nitrogens is 5. The lowest BCUT2D eigenvalue weighted by Gasteiger charge is -2.38. The normalized spacial score (nSPS) is 16.8. The van der Waals surface area contributed by atoms with Gasteiger partial charge in [-0.25, -0.2) is 4.98 Å². The number of hydrogen-bond acceptors (Lipinski definition) is 4. The topological polar surface area (TPSA) is 92.0 Å². The Kier molecular flexibility index (Phi) is 4.12. The average Bonchev–Trinajstić information content (AvgIpc) is 3.36. The fourth-order valence-electron chi connectivity index (χ4n) is 3.46. The second-order valence-electron chi connectivity index (χ2n) is 6.92. The lowest BCUT2D eigenvalue weighted by atomic mass is 9.91. The van der Waals surface area contributed by atoms with Crippen LogP contribution in [-0.4, -0.2) is 58.9 Å². The third-order valence-corrected chi connectivity index (χ3v) is 5.03. The van der Waals surface area contributed by atoms with Gasteiger partial charge in [-0.1, -0.05) is 0 Å². The molecule has 1 amide bonds. The van der Waals surface area contributed by atoms with Crippen LogP contribution in [0.15, 0.2) is 43.1 Å². The summed E-state index contributed by atoms with van der Waals surface area (Å²) in [7, 11) is 1.94. The number of nitrogens with one attached hydrogen (secondary N) is 1. The van der Waals surface area contributed by atoms with Crippen molar-refractivity contribution in [2.24, 2.45) is 7.05 Å². The van der Waals surface area contributed by atoms with Crippen LogP contribution in [-0.2, 0) is 13.6 Å². The molecule has 0 bridgehead atoms. The Labute approximate surface area is 151 Å². The van der Waals surface area contributed by atoms with Gasteiger partial charge < -0.3 is 19.1 Å². The number of amides is 1. The molecule has 1 aliphatic heterocycles. The minimum atomic E-state index is -0.806. The summed E-state index contributed by atoms with van der Waals surface area (Å²) in [6.07, 6.45) is 8.25. The maximum atomic E-state index is 12.7. The zero-order valence-corrected chi connectivity index (χ0v) is 14.7. The van der Waals surface area contributed by atoms with Crippen LogP contribution in [0.4, 0.5) is 0 Å². The fourth-order valence-corrected chi connectivity index (χ4v) is 3.46.